The summed E-state index contributed by atoms with van der Waals surface area (Å²) < 4.78 is 5.10. The highest BCUT2D eigenvalue weighted by Crippen LogP contribution is 2.33. The van der Waals surface area contributed by atoms with Gasteiger partial charge >= 0.3 is 5.97 Å². The van der Waals surface area contributed by atoms with Gasteiger partial charge in [0.2, 0.25) is 5.91 Å². The predicted molar refractivity (Wildman–Crippen MR) is 110 cm³/mol. The summed E-state index contributed by atoms with van der Waals surface area (Å²) in [6.45, 7) is 12.0. The van der Waals surface area contributed by atoms with E-state index in [9.17, 15) is 9.59 Å². The summed E-state index contributed by atoms with van der Waals surface area (Å²) in [7, 11) is 0. The lowest BCUT2D eigenvalue weighted by molar-refractivity contribution is -0.113. The lowest BCUT2D eigenvalue weighted by Crippen LogP contribution is -2.16. The summed E-state index contributed by atoms with van der Waals surface area (Å²) in [5.74, 6) is -0.201. The van der Waals surface area contributed by atoms with Gasteiger partial charge in [-0.05, 0) is 45.2 Å². The molecule has 0 saturated heterocycles. The van der Waals surface area contributed by atoms with Crippen molar-refractivity contribution < 1.29 is 14.3 Å². The number of ether oxygens (including phenoxy) is 1. The highest BCUT2D eigenvalue weighted by Gasteiger charge is 2.20. The van der Waals surface area contributed by atoms with Crippen LogP contribution in [0, 0.1) is 20.8 Å². The summed E-state index contributed by atoms with van der Waals surface area (Å²) in [6.07, 6.45) is 0. The van der Waals surface area contributed by atoms with E-state index >= 15 is 0 Å². The zero-order valence-corrected chi connectivity index (χ0v) is 18.1. The molecule has 0 saturated carbocycles. The third-order valence-corrected chi connectivity index (χ3v) is 6.21. The van der Waals surface area contributed by atoms with E-state index in [0.29, 0.717) is 22.3 Å². The van der Waals surface area contributed by atoms with Crippen LogP contribution in [-0.2, 0) is 9.53 Å². The van der Waals surface area contributed by atoms with Crippen LogP contribution < -0.4 is 5.32 Å². The number of hydrogen-bond donors (Lipinski definition) is 1. The highest BCUT2D eigenvalue weighted by molar-refractivity contribution is 7.99. The van der Waals surface area contributed by atoms with E-state index in [1.165, 1.54) is 23.1 Å². The summed E-state index contributed by atoms with van der Waals surface area (Å²) in [4.78, 5) is 34.4. The van der Waals surface area contributed by atoms with Crippen molar-refractivity contribution >= 4 is 40.0 Å². The Hall–Kier alpha value is -1.93. The zero-order chi connectivity index (χ0) is 20.1. The molecule has 27 heavy (non-hydrogen) atoms. The van der Waals surface area contributed by atoms with Crippen molar-refractivity contribution in [3.63, 3.8) is 0 Å². The fraction of sp³-hybridized carbons (Fsp3) is 0.474. The smallest absolute Gasteiger partial charge is 0.341 e. The molecule has 1 amide bonds. The molecule has 2 heterocycles. The molecule has 0 bridgehead atoms. The van der Waals surface area contributed by atoms with Gasteiger partial charge in [0.1, 0.15) is 5.00 Å². The second-order valence-electron chi connectivity index (χ2n) is 6.41. The van der Waals surface area contributed by atoms with E-state index in [0.717, 1.165) is 21.8 Å². The highest BCUT2D eigenvalue weighted by atomic mass is 32.2. The summed E-state index contributed by atoms with van der Waals surface area (Å²) in [5, 5.41) is 3.94. The summed E-state index contributed by atoms with van der Waals surface area (Å²) >= 11 is 2.68. The maximum atomic E-state index is 12.4. The number of carbonyl (C=O) groups is 2. The number of amides is 1. The third kappa shape index (κ3) is 5.52. The largest absolute Gasteiger partial charge is 0.462 e. The Balaban J connectivity index is 2.09. The van der Waals surface area contributed by atoms with E-state index in [1.54, 1.807) is 13.0 Å². The number of thioether (sulfide) groups is 1. The average molecular weight is 408 g/mol. The van der Waals surface area contributed by atoms with Crippen LogP contribution in [0.4, 0.5) is 5.00 Å². The lowest BCUT2D eigenvalue weighted by Gasteiger charge is -2.08. The molecule has 0 unspecified atom stereocenters. The van der Waals surface area contributed by atoms with Crippen molar-refractivity contribution in [1.29, 1.82) is 0 Å². The van der Waals surface area contributed by atoms with Gasteiger partial charge in [0.05, 0.1) is 17.9 Å². The van der Waals surface area contributed by atoms with Gasteiger partial charge in [-0.15, -0.1) is 11.3 Å². The molecule has 2 rings (SSSR count). The third-order valence-electron chi connectivity index (χ3n) is 4.01. The molecule has 0 atom stereocenters. The molecular weight excluding hydrogens is 382 g/mol. The van der Waals surface area contributed by atoms with E-state index in [-0.39, 0.29) is 17.6 Å². The van der Waals surface area contributed by atoms with Crippen LogP contribution >= 0.6 is 23.1 Å². The Morgan fingerprint density at radius 1 is 1.22 bits per heavy atom. The van der Waals surface area contributed by atoms with Crippen molar-refractivity contribution in [3.8, 4) is 0 Å². The van der Waals surface area contributed by atoms with Gasteiger partial charge in [0, 0.05) is 16.3 Å². The fourth-order valence-corrected chi connectivity index (χ4v) is 4.05. The Bertz CT molecular complexity index is 824. The number of anilines is 1. The Labute approximate surface area is 168 Å². The SMILES string of the molecule is CCOC(=O)c1cc(C(C)C)sc1NC(=O)CSc1nc(C)c(C)c(C)n1. The number of hydrogen-bond acceptors (Lipinski definition) is 7. The van der Waals surface area contributed by atoms with Gasteiger partial charge < -0.3 is 10.1 Å². The molecule has 0 aliphatic carbocycles. The van der Waals surface area contributed by atoms with Crippen molar-refractivity contribution in [2.45, 2.75) is 52.6 Å². The Morgan fingerprint density at radius 2 is 1.85 bits per heavy atom. The molecule has 6 nitrogen and oxygen atoms in total. The van der Waals surface area contributed by atoms with Gasteiger partial charge in [-0.3, -0.25) is 4.79 Å². The van der Waals surface area contributed by atoms with E-state index < -0.39 is 5.97 Å². The normalized spacial score (nSPS) is 10.9. The quantitative estimate of drug-likeness (QED) is 0.414. The number of esters is 1. The fourth-order valence-electron chi connectivity index (χ4n) is 2.25. The number of thiophene rings is 1. The molecule has 0 aliphatic heterocycles. The first-order valence-electron chi connectivity index (χ1n) is 8.78. The first-order valence-corrected chi connectivity index (χ1v) is 10.6. The van der Waals surface area contributed by atoms with Crippen LogP contribution in [0.2, 0.25) is 0 Å². The number of rotatable bonds is 7. The number of nitrogens with zero attached hydrogens (tertiary/aromatic N) is 2. The van der Waals surface area contributed by atoms with Crippen LogP contribution in [0.3, 0.4) is 0 Å². The predicted octanol–water partition coefficient (Wildman–Crippen LogP) is 4.49. The van der Waals surface area contributed by atoms with Crippen molar-refractivity contribution in [1.82, 2.24) is 9.97 Å². The number of aromatic nitrogens is 2. The van der Waals surface area contributed by atoms with Gasteiger partial charge in [0.25, 0.3) is 0 Å². The minimum absolute atomic E-state index is 0.166. The minimum Gasteiger partial charge on any atom is -0.462 e. The maximum absolute atomic E-state index is 12.4. The molecule has 0 spiro atoms. The van der Waals surface area contributed by atoms with Crippen molar-refractivity contribution in [2.75, 3.05) is 17.7 Å². The van der Waals surface area contributed by atoms with Crippen LogP contribution in [0.1, 0.15) is 58.9 Å². The van der Waals surface area contributed by atoms with Gasteiger partial charge in [-0.2, -0.15) is 0 Å². The zero-order valence-electron chi connectivity index (χ0n) is 16.5. The monoisotopic (exact) mass is 407 g/mol. The molecule has 1 N–H and O–H groups in total. The molecule has 0 radical (unpaired) electrons. The molecule has 8 heteroatoms. The first kappa shape index (κ1) is 21.4. The molecule has 2 aromatic heterocycles. The Kier molecular flexibility index (Phi) is 7.38. The summed E-state index contributed by atoms with van der Waals surface area (Å²) in [5.41, 5.74) is 3.29. The second-order valence-corrected chi connectivity index (χ2v) is 8.43. The van der Waals surface area contributed by atoms with E-state index in [1.807, 2.05) is 34.6 Å². The van der Waals surface area contributed by atoms with Crippen LogP contribution in [-0.4, -0.2) is 34.2 Å². The molecule has 0 aliphatic rings. The van der Waals surface area contributed by atoms with E-state index in [2.05, 4.69) is 15.3 Å². The van der Waals surface area contributed by atoms with Crippen LogP contribution in [0.5, 0.6) is 0 Å². The lowest BCUT2D eigenvalue weighted by atomic mass is 10.1. The molecule has 0 aromatic carbocycles. The molecule has 0 fully saturated rings. The maximum Gasteiger partial charge on any atom is 0.341 e. The first-order chi connectivity index (χ1) is 12.7. The van der Waals surface area contributed by atoms with E-state index in [4.69, 9.17) is 4.74 Å². The average Bonchev–Trinajstić information content (AvgIpc) is 3.02. The molecule has 146 valence electrons. The topological polar surface area (TPSA) is 81.2 Å². The van der Waals surface area contributed by atoms with Crippen molar-refractivity contribution in [3.05, 3.63) is 33.5 Å². The number of carbonyl (C=O) groups excluding carboxylic acids is 2. The van der Waals surface area contributed by atoms with Crippen LogP contribution in [0.15, 0.2) is 11.2 Å². The van der Waals surface area contributed by atoms with Gasteiger partial charge in [-0.25, -0.2) is 14.8 Å². The second kappa shape index (κ2) is 9.32. The Morgan fingerprint density at radius 3 is 2.41 bits per heavy atom. The van der Waals surface area contributed by atoms with Crippen LogP contribution in [0.25, 0.3) is 0 Å². The van der Waals surface area contributed by atoms with Gasteiger partial charge in [0.15, 0.2) is 5.16 Å². The summed E-state index contributed by atoms with van der Waals surface area (Å²) in [6, 6.07) is 1.80. The molecular formula is C19H25N3O3S2. The minimum atomic E-state index is -0.420. The number of nitrogens with one attached hydrogen (secondary N) is 1. The van der Waals surface area contributed by atoms with Crippen molar-refractivity contribution in [2.24, 2.45) is 0 Å². The number of aryl methyl sites for hydroxylation is 2. The van der Waals surface area contributed by atoms with Gasteiger partial charge in [-0.1, -0.05) is 25.6 Å². The standard InChI is InChI=1S/C19H25N3O3S2/c1-7-25-18(24)14-8-15(10(2)3)27-17(14)22-16(23)9-26-19-20-12(5)11(4)13(6)21-19/h8,10H,7,9H2,1-6H3,(H,22,23). The molecule has 2 aromatic rings.